The van der Waals surface area contributed by atoms with E-state index in [2.05, 4.69) is 161 Å². The van der Waals surface area contributed by atoms with Crippen molar-refractivity contribution in [1.82, 2.24) is 0 Å². The van der Waals surface area contributed by atoms with E-state index in [-0.39, 0.29) is 25.7 Å². The van der Waals surface area contributed by atoms with Gasteiger partial charge < -0.3 is 33.8 Å². The molecule has 0 spiro atoms. The Kier molecular flexibility index (Phi) is 70.5. The van der Waals surface area contributed by atoms with Gasteiger partial charge in [-0.05, 0) is 135 Å². The van der Waals surface area contributed by atoms with Crippen molar-refractivity contribution in [3.8, 4) is 0 Å². The van der Waals surface area contributed by atoms with Gasteiger partial charge in [-0.2, -0.15) is 0 Å². The van der Waals surface area contributed by atoms with Crippen molar-refractivity contribution in [2.45, 2.75) is 316 Å². The third-order valence-electron chi connectivity index (χ3n) is 15.8. The minimum atomic E-state index is -5.00. The molecule has 0 aliphatic carbocycles. The van der Waals surface area contributed by atoms with Gasteiger partial charge in [0.15, 0.2) is 12.2 Å². The van der Waals surface area contributed by atoms with E-state index in [9.17, 15) is 43.2 Å². The number of carbonyl (C=O) groups excluding carboxylic acids is 4. The zero-order valence-electron chi connectivity index (χ0n) is 63.5. The Hall–Kier alpha value is -5.06. The van der Waals surface area contributed by atoms with E-state index in [0.29, 0.717) is 32.1 Å². The molecular weight excluding hydrogens is 1330 g/mol. The zero-order chi connectivity index (χ0) is 74.6. The second kappa shape index (κ2) is 74.2. The summed E-state index contributed by atoms with van der Waals surface area (Å²) in [6.45, 7) is 4.41. The van der Waals surface area contributed by atoms with Crippen LogP contribution in [0, 0.1) is 0 Å². The van der Waals surface area contributed by atoms with Gasteiger partial charge in [-0.1, -0.05) is 283 Å². The number of aliphatic hydroxyl groups excluding tert-OH is 1. The lowest BCUT2D eigenvalue weighted by molar-refractivity contribution is -0.161. The smallest absolute Gasteiger partial charge is 0.462 e. The second-order valence-electron chi connectivity index (χ2n) is 25.5. The Balaban J connectivity index is 5.45. The second-order valence-corrected chi connectivity index (χ2v) is 28.4. The van der Waals surface area contributed by atoms with Crippen LogP contribution in [0.1, 0.15) is 297 Å². The Morgan fingerprint density at radius 2 is 0.520 bits per heavy atom. The molecule has 582 valence electrons. The van der Waals surface area contributed by atoms with Crippen LogP contribution in [-0.2, 0) is 65.4 Å². The fourth-order valence-corrected chi connectivity index (χ4v) is 11.5. The van der Waals surface area contributed by atoms with Crippen LogP contribution in [0.2, 0.25) is 0 Å². The highest BCUT2D eigenvalue weighted by Crippen LogP contribution is 2.45. The maximum atomic E-state index is 13.1. The molecule has 0 rings (SSSR count). The molecule has 17 nitrogen and oxygen atoms in total. The predicted octanol–water partition coefficient (Wildman–Crippen LogP) is 22.7. The Morgan fingerprint density at radius 3 is 0.843 bits per heavy atom. The fourth-order valence-electron chi connectivity index (χ4n) is 9.97. The van der Waals surface area contributed by atoms with Crippen molar-refractivity contribution in [2.24, 2.45) is 0 Å². The van der Waals surface area contributed by atoms with Crippen LogP contribution >= 0.6 is 15.6 Å². The number of esters is 4. The number of phosphoric ester groups is 2. The molecular formula is C83H138O17P2. The molecule has 19 heteroatoms. The van der Waals surface area contributed by atoms with Gasteiger partial charge in [0.05, 0.1) is 26.4 Å². The maximum Gasteiger partial charge on any atom is 0.472 e. The predicted molar refractivity (Wildman–Crippen MR) is 417 cm³/mol. The number of carbonyl (C=O) groups is 4. The van der Waals surface area contributed by atoms with E-state index in [1.54, 1.807) is 0 Å². The quantitative estimate of drug-likeness (QED) is 0.0169. The Morgan fingerprint density at radius 1 is 0.284 bits per heavy atom. The first-order valence-electron chi connectivity index (χ1n) is 39.1. The van der Waals surface area contributed by atoms with Crippen molar-refractivity contribution in [3.05, 3.63) is 146 Å². The number of ether oxygens (including phenoxy) is 4. The van der Waals surface area contributed by atoms with Crippen LogP contribution in [0.15, 0.2) is 146 Å². The third-order valence-corrected chi connectivity index (χ3v) is 17.7. The van der Waals surface area contributed by atoms with Crippen LogP contribution < -0.4 is 0 Å². The van der Waals surface area contributed by atoms with Crippen LogP contribution in [0.5, 0.6) is 0 Å². The van der Waals surface area contributed by atoms with Gasteiger partial charge in [-0.3, -0.25) is 37.3 Å². The van der Waals surface area contributed by atoms with E-state index in [4.69, 9.17) is 37.0 Å². The van der Waals surface area contributed by atoms with Crippen molar-refractivity contribution >= 4 is 39.5 Å². The molecule has 0 aromatic rings. The average Bonchev–Trinajstić information content (AvgIpc) is 0.959. The molecule has 0 heterocycles. The minimum Gasteiger partial charge on any atom is -0.462 e. The highest BCUT2D eigenvalue weighted by Gasteiger charge is 2.30. The number of phosphoric acid groups is 2. The molecule has 5 unspecified atom stereocenters. The van der Waals surface area contributed by atoms with Gasteiger partial charge in [0, 0.05) is 25.7 Å². The summed E-state index contributed by atoms with van der Waals surface area (Å²) in [6, 6.07) is 0. The third kappa shape index (κ3) is 73.3. The number of rotatable bonds is 72. The minimum absolute atomic E-state index is 0.0666. The largest absolute Gasteiger partial charge is 0.472 e. The lowest BCUT2D eigenvalue weighted by atomic mass is 10.0. The summed E-state index contributed by atoms with van der Waals surface area (Å²) in [5.41, 5.74) is 0. The number of aliphatic hydroxyl groups is 1. The SMILES string of the molecule is CC/C=C\C/C=C\C/C=C\C/C=C\C/C=C\CCCC(=O)OCC(COP(=O)(O)OCC(O)COP(=O)(O)OCC(COC(=O)CCCC/C=C\C/C=C\C/C=C\C/C=C\CC)OC(=O)CCCCCCCCCCCCCCC)OC(=O)CCCCCCCCC/C=C\C/C=C\C/C=C\CC. The Bertz CT molecular complexity index is 2510. The van der Waals surface area contributed by atoms with Crippen LogP contribution in [-0.4, -0.2) is 96.7 Å². The summed E-state index contributed by atoms with van der Waals surface area (Å²) >= 11 is 0. The van der Waals surface area contributed by atoms with E-state index < -0.39 is 97.5 Å². The molecule has 0 radical (unpaired) electrons. The monoisotopic (exact) mass is 1470 g/mol. The molecule has 0 aromatic heterocycles. The highest BCUT2D eigenvalue weighted by atomic mass is 31.2. The number of allylic oxidation sites excluding steroid dienone is 24. The van der Waals surface area contributed by atoms with Gasteiger partial charge >= 0.3 is 39.5 Å². The standard InChI is InChI=1S/C83H138O17P2/c1-5-9-13-17-21-25-29-33-36-38-41-45-48-52-56-60-64-68-81(86)94-74-79(100-83(88)70-66-62-58-54-50-46-42-39-37-34-30-26-22-18-14-10-6-2)76-98-102(91,92)96-72-77(84)71-95-101(89,90)97-75-78(99-82(87)69-65-61-57-53-49-43-32-28-24-20-16-12-8-4)73-93-80(85)67-63-59-55-51-47-44-40-35-31-27-23-19-15-11-7-3/h9-11,13-15,21-23,25-27,33-37,40-41,45,47,51-52,56,77-79,84H,5-8,12,16-20,24,28-32,38-39,42-44,46,48-50,53-55,57-76H2,1-4H3,(H,89,90)(H,91,92)/b13-9-,14-10-,15-11-,25-21-,26-22-,27-23-,36-33-,37-34-,40-35-,45-41-,51-47-,56-52-. The molecule has 5 atom stereocenters. The molecule has 0 aliphatic heterocycles. The molecule has 102 heavy (non-hydrogen) atoms. The van der Waals surface area contributed by atoms with Crippen molar-refractivity contribution in [2.75, 3.05) is 39.6 Å². The maximum absolute atomic E-state index is 13.1. The number of unbranched alkanes of at least 4 members (excludes halogenated alkanes) is 22. The molecule has 0 saturated carbocycles. The number of hydrogen-bond acceptors (Lipinski definition) is 15. The molecule has 0 amide bonds. The van der Waals surface area contributed by atoms with Crippen molar-refractivity contribution in [1.29, 1.82) is 0 Å². The van der Waals surface area contributed by atoms with Crippen LogP contribution in [0.25, 0.3) is 0 Å². The van der Waals surface area contributed by atoms with E-state index in [1.807, 2.05) is 12.2 Å². The van der Waals surface area contributed by atoms with Gasteiger partial charge in [0.25, 0.3) is 0 Å². The molecule has 0 fully saturated rings. The first-order chi connectivity index (χ1) is 49.7. The van der Waals surface area contributed by atoms with Crippen LogP contribution in [0.3, 0.4) is 0 Å². The fraction of sp³-hybridized carbons (Fsp3) is 0.663. The van der Waals surface area contributed by atoms with Crippen LogP contribution in [0.4, 0.5) is 0 Å². The van der Waals surface area contributed by atoms with Gasteiger partial charge in [0.1, 0.15) is 19.3 Å². The van der Waals surface area contributed by atoms with Gasteiger partial charge in [-0.15, -0.1) is 0 Å². The molecule has 0 saturated heterocycles. The summed E-state index contributed by atoms with van der Waals surface area (Å²) in [6.07, 6.45) is 84.1. The topological polar surface area (TPSA) is 237 Å². The molecule has 3 N–H and O–H groups in total. The molecule has 0 aliphatic rings. The van der Waals surface area contributed by atoms with E-state index in [0.717, 1.165) is 161 Å². The highest BCUT2D eigenvalue weighted by molar-refractivity contribution is 7.47. The Labute approximate surface area is 617 Å². The lowest BCUT2D eigenvalue weighted by Crippen LogP contribution is -2.30. The first kappa shape index (κ1) is 96.9. The van der Waals surface area contributed by atoms with Crippen molar-refractivity contribution < 1.29 is 80.2 Å². The summed E-state index contributed by atoms with van der Waals surface area (Å²) in [4.78, 5) is 72.9. The molecule has 0 aromatic carbocycles. The summed E-state index contributed by atoms with van der Waals surface area (Å²) < 4.78 is 68.5. The zero-order valence-corrected chi connectivity index (χ0v) is 65.3. The van der Waals surface area contributed by atoms with Crippen molar-refractivity contribution in [3.63, 3.8) is 0 Å². The first-order valence-corrected chi connectivity index (χ1v) is 42.1. The summed E-state index contributed by atoms with van der Waals surface area (Å²) in [7, 11) is -9.99. The lowest BCUT2D eigenvalue weighted by Gasteiger charge is -2.21. The average molecular weight is 1470 g/mol. The van der Waals surface area contributed by atoms with Gasteiger partial charge in [-0.25, -0.2) is 9.13 Å². The van der Waals surface area contributed by atoms with Gasteiger partial charge in [0.2, 0.25) is 0 Å². The summed E-state index contributed by atoms with van der Waals surface area (Å²) in [5, 5.41) is 10.6. The van der Waals surface area contributed by atoms with E-state index >= 15 is 0 Å². The normalized spacial score (nSPS) is 14.7. The molecule has 0 bridgehead atoms. The van der Waals surface area contributed by atoms with E-state index in [1.165, 1.54) is 51.4 Å². The number of hydrogen-bond donors (Lipinski definition) is 3. The summed E-state index contributed by atoms with van der Waals surface area (Å²) in [5.74, 6) is -2.30.